The molecule has 0 spiro atoms. The highest BCUT2D eigenvalue weighted by Crippen LogP contribution is 2.20. The Hall–Kier alpha value is -0.390. The van der Waals surface area contributed by atoms with E-state index in [2.05, 4.69) is 32.7 Å². The minimum atomic E-state index is 0.200. The molecule has 1 N–H and O–H groups in total. The fourth-order valence-corrected chi connectivity index (χ4v) is 3.49. The molecule has 17 heavy (non-hydrogen) atoms. The molecule has 1 saturated heterocycles. The van der Waals surface area contributed by atoms with Crippen LogP contribution in [0.1, 0.15) is 24.6 Å². The quantitative estimate of drug-likeness (QED) is 0.929. The Bertz CT molecular complexity index is 386. The Balaban J connectivity index is 1.73. The van der Waals surface area contributed by atoms with Gasteiger partial charge < -0.3 is 10.2 Å². The first-order chi connectivity index (χ1) is 8.15. The molecule has 1 aromatic rings. The molecule has 1 aromatic heterocycles. The number of likely N-dealkylation sites (tertiary alicyclic amines) is 1. The van der Waals surface area contributed by atoms with Gasteiger partial charge in [0.2, 0.25) is 5.91 Å². The van der Waals surface area contributed by atoms with Crippen molar-refractivity contribution in [3.05, 3.63) is 20.8 Å². The van der Waals surface area contributed by atoms with E-state index in [9.17, 15) is 4.79 Å². The van der Waals surface area contributed by atoms with Gasteiger partial charge in [0.05, 0.1) is 0 Å². The molecule has 1 fully saturated rings. The Morgan fingerprint density at radius 1 is 1.59 bits per heavy atom. The van der Waals surface area contributed by atoms with Crippen LogP contribution in [0.15, 0.2) is 15.9 Å². The highest BCUT2D eigenvalue weighted by molar-refractivity contribution is 9.10. The second-order valence-corrected chi connectivity index (χ2v) is 6.30. The SMILES string of the molecule is CC(=O)N1CCC(NCc2cc(Br)cs2)CC1. The number of thiophene rings is 1. The summed E-state index contributed by atoms with van der Waals surface area (Å²) >= 11 is 5.23. The lowest BCUT2D eigenvalue weighted by Gasteiger charge is -2.31. The van der Waals surface area contributed by atoms with Crippen LogP contribution < -0.4 is 5.32 Å². The third-order valence-corrected chi connectivity index (χ3v) is 4.82. The Kier molecular flexibility index (Phi) is 4.59. The molecule has 0 unspecified atom stereocenters. The highest BCUT2D eigenvalue weighted by Gasteiger charge is 2.20. The van der Waals surface area contributed by atoms with Crippen LogP contribution in [0.2, 0.25) is 0 Å². The maximum absolute atomic E-state index is 11.2. The zero-order valence-corrected chi connectivity index (χ0v) is 12.3. The van der Waals surface area contributed by atoms with E-state index in [1.54, 1.807) is 18.3 Å². The van der Waals surface area contributed by atoms with E-state index in [0.717, 1.165) is 36.9 Å². The number of nitrogens with zero attached hydrogens (tertiary/aromatic N) is 1. The summed E-state index contributed by atoms with van der Waals surface area (Å²) in [7, 11) is 0. The van der Waals surface area contributed by atoms with Gasteiger partial charge in [-0.2, -0.15) is 0 Å². The van der Waals surface area contributed by atoms with Crippen molar-refractivity contribution >= 4 is 33.2 Å². The van der Waals surface area contributed by atoms with Gasteiger partial charge in [-0.05, 0) is 34.8 Å². The number of piperidine rings is 1. The van der Waals surface area contributed by atoms with Crippen molar-refractivity contribution < 1.29 is 4.79 Å². The van der Waals surface area contributed by atoms with Crippen molar-refractivity contribution in [3.63, 3.8) is 0 Å². The fraction of sp³-hybridized carbons (Fsp3) is 0.583. The first-order valence-corrected chi connectivity index (χ1v) is 7.54. The molecule has 0 aliphatic carbocycles. The second-order valence-electron chi connectivity index (χ2n) is 4.39. The van der Waals surface area contributed by atoms with Gasteiger partial charge in [-0.25, -0.2) is 0 Å². The predicted molar refractivity (Wildman–Crippen MR) is 74.1 cm³/mol. The van der Waals surface area contributed by atoms with Crippen LogP contribution in [-0.4, -0.2) is 29.9 Å². The number of carbonyl (C=O) groups is 1. The van der Waals surface area contributed by atoms with E-state index in [-0.39, 0.29) is 5.91 Å². The Morgan fingerprint density at radius 3 is 2.82 bits per heavy atom. The van der Waals surface area contributed by atoms with Gasteiger partial charge in [0, 0.05) is 47.3 Å². The molecule has 0 radical (unpaired) electrons. The fourth-order valence-electron chi connectivity index (χ4n) is 2.09. The highest BCUT2D eigenvalue weighted by atomic mass is 79.9. The van der Waals surface area contributed by atoms with E-state index in [1.807, 2.05) is 4.90 Å². The maximum atomic E-state index is 11.2. The van der Waals surface area contributed by atoms with Gasteiger partial charge in [-0.3, -0.25) is 4.79 Å². The van der Waals surface area contributed by atoms with Crippen molar-refractivity contribution in [3.8, 4) is 0 Å². The first-order valence-electron chi connectivity index (χ1n) is 5.87. The van der Waals surface area contributed by atoms with Gasteiger partial charge in [0.15, 0.2) is 0 Å². The van der Waals surface area contributed by atoms with E-state index >= 15 is 0 Å². The lowest BCUT2D eigenvalue weighted by molar-refractivity contribution is -0.129. The van der Waals surface area contributed by atoms with Crippen molar-refractivity contribution in [1.29, 1.82) is 0 Å². The summed E-state index contributed by atoms with van der Waals surface area (Å²) in [4.78, 5) is 14.5. The topological polar surface area (TPSA) is 32.3 Å². The molecular formula is C12H17BrN2OS. The molecule has 0 aromatic carbocycles. The van der Waals surface area contributed by atoms with Crippen molar-refractivity contribution in [2.45, 2.75) is 32.4 Å². The number of halogens is 1. The average molecular weight is 317 g/mol. The summed E-state index contributed by atoms with van der Waals surface area (Å²) in [5, 5.41) is 5.67. The minimum absolute atomic E-state index is 0.200. The third-order valence-electron chi connectivity index (χ3n) is 3.13. The van der Waals surface area contributed by atoms with Crippen molar-refractivity contribution in [2.75, 3.05) is 13.1 Å². The largest absolute Gasteiger partial charge is 0.343 e. The second kappa shape index (κ2) is 5.98. The predicted octanol–water partition coefficient (Wildman–Crippen LogP) is 2.61. The van der Waals surface area contributed by atoms with Crippen LogP contribution in [0.25, 0.3) is 0 Å². The number of nitrogens with one attached hydrogen (secondary N) is 1. The molecule has 0 saturated carbocycles. The Labute approximate surface area is 114 Å². The molecule has 2 rings (SSSR count). The van der Waals surface area contributed by atoms with Crippen LogP contribution in [0.3, 0.4) is 0 Å². The first kappa shape index (κ1) is 13.1. The van der Waals surface area contributed by atoms with Gasteiger partial charge in [-0.15, -0.1) is 11.3 Å². The molecule has 1 aliphatic rings. The summed E-state index contributed by atoms with van der Waals surface area (Å²) in [6.07, 6.45) is 2.12. The minimum Gasteiger partial charge on any atom is -0.343 e. The normalized spacial score (nSPS) is 17.4. The summed E-state index contributed by atoms with van der Waals surface area (Å²) < 4.78 is 1.16. The van der Waals surface area contributed by atoms with E-state index in [1.165, 1.54) is 4.88 Å². The smallest absolute Gasteiger partial charge is 0.219 e. The van der Waals surface area contributed by atoms with Gasteiger partial charge in [0.1, 0.15) is 0 Å². The van der Waals surface area contributed by atoms with Gasteiger partial charge in [-0.1, -0.05) is 0 Å². The average Bonchev–Trinajstić information content (AvgIpc) is 2.73. The number of rotatable bonds is 3. The zero-order chi connectivity index (χ0) is 12.3. The zero-order valence-electron chi connectivity index (χ0n) is 9.91. The number of amides is 1. The number of hydrogen-bond acceptors (Lipinski definition) is 3. The van der Waals surface area contributed by atoms with Gasteiger partial charge in [0.25, 0.3) is 0 Å². The van der Waals surface area contributed by atoms with Gasteiger partial charge >= 0.3 is 0 Å². The Morgan fingerprint density at radius 2 is 2.29 bits per heavy atom. The molecule has 1 aliphatic heterocycles. The maximum Gasteiger partial charge on any atom is 0.219 e. The molecular weight excluding hydrogens is 300 g/mol. The summed E-state index contributed by atoms with van der Waals surface area (Å²) in [6.45, 7) is 4.36. The van der Waals surface area contributed by atoms with Crippen molar-refractivity contribution in [1.82, 2.24) is 10.2 Å². The lowest BCUT2D eigenvalue weighted by atomic mass is 10.1. The van der Waals surface area contributed by atoms with Crippen LogP contribution >= 0.6 is 27.3 Å². The van der Waals surface area contributed by atoms with E-state index < -0.39 is 0 Å². The lowest BCUT2D eigenvalue weighted by Crippen LogP contribution is -2.43. The number of hydrogen-bond donors (Lipinski definition) is 1. The summed E-state index contributed by atoms with van der Waals surface area (Å²) in [5.74, 6) is 0.200. The monoisotopic (exact) mass is 316 g/mol. The van der Waals surface area contributed by atoms with Crippen LogP contribution in [0, 0.1) is 0 Å². The molecule has 5 heteroatoms. The van der Waals surface area contributed by atoms with E-state index in [0.29, 0.717) is 6.04 Å². The van der Waals surface area contributed by atoms with Crippen LogP contribution in [-0.2, 0) is 11.3 Å². The third kappa shape index (κ3) is 3.79. The van der Waals surface area contributed by atoms with Crippen LogP contribution in [0.5, 0.6) is 0 Å². The standard InChI is InChI=1S/C12H17BrN2OS/c1-9(16)15-4-2-11(3-5-15)14-7-12-6-10(13)8-17-12/h6,8,11,14H,2-5,7H2,1H3. The molecule has 94 valence electrons. The number of carbonyl (C=O) groups excluding carboxylic acids is 1. The molecule has 2 heterocycles. The van der Waals surface area contributed by atoms with Crippen molar-refractivity contribution in [2.24, 2.45) is 0 Å². The molecule has 1 amide bonds. The summed E-state index contributed by atoms with van der Waals surface area (Å²) in [5.41, 5.74) is 0. The van der Waals surface area contributed by atoms with Crippen LogP contribution in [0.4, 0.5) is 0 Å². The molecule has 0 bridgehead atoms. The molecule has 3 nitrogen and oxygen atoms in total. The van der Waals surface area contributed by atoms with E-state index in [4.69, 9.17) is 0 Å². The molecule has 0 atom stereocenters. The summed E-state index contributed by atoms with van der Waals surface area (Å²) in [6, 6.07) is 2.70.